The lowest BCUT2D eigenvalue weighted by Crippen LogP contribution is -2.46. The number of likely N-dealkylation sites (N-methyl/N-ethyl adjacent to an activating group) is 1. The van der Waals surface area contributed by atoms with Crippen molar-refractivity contribution in [3.8, 4) is 17.0 Å². The van der Waals surface area contributed by atoms with Crippen LogP contribution in [0.15, 0.2) is 54.6 Å². The van der Waals surface area contributed by atoms with Gasteiger partial charge in [0, 0.05) is 37.1 Å². The number of hydrogen-bond acceptors (Lipinski definition) is 5. The van der Waals surface area contributed by atoms with E-state index in [1.54, 1.807) is 0 Å². The fraction of sp³-hybridized carbons (Fsp3) is 0.500. The van der Waals surface area contributed by atoms with Crippen molar-refractivity contribution in [2.45, 2.75) is 58.9 Å². The molecule has 1 fully saturated rings. The van der Waals surface area contributed by atoms with Crippen molar-refractivity contribution < 1.29 is 9.16 Å². The molecular weight excluding hydrogens is 462 g/mol. The summed E-state index contributed by atoms with van der Waals surface area (Å²) in [6.07, 6.45) is 0.0588. The molecule has 2 aromatic carbocycles. The van der Waals surface area contributed by atoms with Crippen LogP contribution in [0.4, 0.5) is 5.82 Å². The Morgan fingerprint density at radius 3 is 2.28 bits per heavy atom. The van der Waals surface area contributed by atoms with Crippen LogP contribution in [0.5, 0.6) is 5.75 Å². The number of rotatable bonds is 8. The van der Waals surface area contributed by atoms with Crippen molar-refractivity contribution in [3.05, 3.63) is 54.6 Å². The van der Waals surface area contributed by atoms with E-state index in [2.05, 4.69) is 100.0 Å². The maximum absolute atomic E-state index is 6.44. The quantitative estimate of drug-likeness (QED) is 0.314. The van der Waals surface area contributed by atoms with Gasteiger partial charge in [-0.2, -0.15) is 0 Å². The van der Waals surface area contributed by atoms with Gasteiger partial charge in [-0.05, 0) is 67.3 Å². The smallest absolute Gasteiger partial charge is 0.192 e. The predicted octanol–water partition coefficient (Wildman–Crippen LogP) is 6.83. The minimum absolute atomic E-state index is 0.0588. The van der Waals surface area contributed by atoms with Gasteiger partial charge in [0.25, 0.3) is 0 Å². The van der Waals surface area contributed by atoms with Crippen LogP contribution in [0.1, 0.15) is 34.6 Å². The summed E-state index contributed by atoms with van der Waals surface area (Å²) in [7, 11) is -1.80. The molecule has 0 N–H and O–H groups in total. The van der Waals surface area contributed by atoms with Crippen LogP contribution in [-0.4, -0.2) is 63.6 Å². The third-order valence-electron chi connectivity index (χ3n) is 7.78. The molecule has 4 rings (SSSR count). The van der Waals surface area contributed by atoms with Crippen molar-refractivity contribution in [2.24, 2.45) is 0 Å². The van der Waals surface area contributed by atoms with Gasteiger partial charge in [0.15, 0.2) is 8.32 Å². The highest BCUT2D eigenvalue weighted by molar-refractivity contribution is 6.74. The molecule has 194 valence electrons. The van der Waals surface area contributed by atoms with Crippen LogP contribution in [0.2, 0.25) is 18.1 Å². The zero-order valence-corrected chi connectivity index (χ0v) is 24.2. The van der Waals surface area contributed by atoms with E-state index in [4.69, 9.17) is 14.1 Å². The topological polar surface area (TPSA) is 37.8 Å². The molecule has 0 unspecified atom stereocenters. The lowest BCUT2D eigenvalue weighted by molar-refractivity contribution is 0.129. The summed E-state index contributed by atoms with van der Waals surface area (Å²) in [6, 6.07) is 19.1. The number of aromatic nitrogens is 1. The number of ether oxygens (including phenoxy) is 1. The molecule has 1 aliphatic heterocycles. The molecule has 0 bridgehead atoms. The maximum atomic E-state index is 6.44. The van der Waals surface area contributed by atoms with Crippen molar-refractivity contribution in [1.29, 1.82) is 0 Å². The molecule has 2 heterocycles. The van der Waals surface area contributed by atoms with Crippen molar-refractivity contribution in [1.82, 2.24) is 9.88 Å². The molecule has 1 saturated heterocycles. The average molecular weight is 506 g/mol. The van der Waals surface area contributed by atoms with Crippen LogP contribution in [0.3, 0.4) is 0 Å². The summed E-state index contributed by atoms with van der Waals surface area (Å²) in [4.78, 5) is 10.1. The first-order valence-corrected chi connectivity index (χ1v) is 16.3. The van der Waals surface area contributed by atoms with Gasteiger partial charge in [0.05, 0.1) is 11.8 Å². The zero-order valence-electron chi connectivity index (χ0n) is 23.2. The number of fused-ring (bicyclic) bond motifs is 1. The minimum Gasteiger partial charge on any atom is -0.491 e. The lowest BCUT2D eigenvalue weighted by atomic mass is 10.1. The molecule has 36 heavy (non-hydrogen) atoms. The fourth-order valence-corrected chi connectivity index (χ4v) is 5.92. The number of pyridine rings is 1. The van der Waals surface area contributed by atoms with E-state index < -0.39 is 8.32 Å². The molecule has 6 heteroatoms. The largest absolute Gasteiger partial charge is 0.491 e. The molecule has 1 atom stereocenters. The van der Waals surface area contributed by atoms with Crippen LogP contribution >= 0.6 is 0 Å². The van der Waals surface area contributed by atoms with E-state index in [1.165, 1.54) is 10.8 Å². The molecule has 0 amide bonds. The fourth-order valence-electron chi connectivity index (χ4n) is 4.49. The Bertz CT molecular complexity index is 1150. The number of nitrogens with zero attached hydrogens (tertiary/aromatic N) is 3. The summed E-state index contributed by atoms with van der Waals surface area (Å²) < 4.78 is 12.5. The van der Waals surface area contributed by atoms with Gasteiger partial charge in [-0.25, -0.2) is 4.98 Å². The van der Waals surface area contributed by atoms with Gasteiger partial charge in [-0.1, -0.05) is 52.0 Å². The van der Waals surface area contributed by atoms with E-state index >= 15 is 0 Å². The van der Waals surface area contributed by atoms with E-state index in [9.17, 15) is 0 Å². The van der Waals surface area contributed by atoms with Gasteiger partial charge >= 0.3 is 0 Å². The Labute approximate surface area is 218 Å². The number of anilines is 1. The summed E-state index contributed by atoms with van der Waals surface area (Å²) >= 11 is 0. The Morgan fingerprint density at radius 1 is 0.972 bits per heavy atom. The summed E-state index contributed by atoms with van der Waals surface area (Å²) in [5.74, 6) is 1.96. The van der Waals surface area contributed by atoms with Crippen molar-refractivity contribution in [3.63, 3.8) is 0 Å². The van der Waals surface area contributed by atoms with E-state index in [1.807, 2.05) is 12.1 Å². The van der Waals surface area contributed by atoms with Gasteiger partial charge in [0.2, 0.25) is 0 Å². The third-order valence-corrected chi connectivity index (χ3v) is 12.4. The third kappa shape index (κ3) is 6.10. The second-order valence-corrected chi connectivity index (χ2v) is 16.3. The SMILES string of the molecule is CCN1CCN(c2nc(-c3ccc(OC[C@@H](C)O[Si](C)(C)C(C)(C)C)cc3)cc3ccccc23)CC1. The molecule has 1 aromatic heterocycles. The standard InChI is InChI=1S/C30H43N3O2Si/c1-8-32-17-19-33(20-18-32)29-27-12-10-9-11-25(27)21-28(31-29)24-13-15-26(16-14-24)34-22-23(2)35-36(6,7)30(3,4)5/h9-16,21,23H,8,17-20,22H2,1-7H3/t23-/m1/s1. The molecule has 3 aromatic rings. The number of piperazine rings is 1. The monoisotopic (exact) mass is 505 g/mol. The molecule has 0 spiro atoms. The van der Waals surface area contributed by atoms with Gasteiger partial charge < -0.3 is 19.0 Å². The summed E-state index contributed by atoms with van der Waals surface area (Å²) in [6.45, 7) is 21.6. The summed E-state index contributed by atoms with van der Waals surface area (Å²) in [5.41, 5.74) is 2.11. The maximum Gasteiger partial charge on any atom is 0.192 e. The van der Waals surface area contributed by atoms with Gasteiger partial charge in [-0.3, -0.25) is 0 Å². The first kappa shape index (κ1) is 26.6. The van der Waals surface area contributed by atoms with Crippen LogP contribution in [0, 0.1) is 0 Å². The van der Waals surface area contributed by atoms with Crippen LogP contribution in [0.25, 0.3) is 22.0 Å². The lowest BCUT2D eigenvalue weighted by Gasteiger charge is -2.38. The Morgan fingerprint density at radius 2 is 1.64 bits per heavy atom. The predicted molar refractivity (Wildman–Crippen MR) is 155 cm³/mol. The first-order valence-electron chi connectivity index (χ1n) is 13.4. The van der Waals surface area contributed by atoms with Crippen molar-refractivity contribution in [2.75, 3.05) is 44.2 Å². The Hall–Kier alpha value is -2.41. The molecule has 0 radical (unpaired) electrons. The molecule has 5 nitrogen and oxygen atoms in total. The molecule has 1 aliphatic rings. The molecule has 0 saturated carbocycles. The molecular formula is C30H43N3O2Si. The van der Waals surface area contributed by atoms with E-state index in [-0.39, 0.29) is 11.1 Å². The zero-order chi connectivity index (χ0) is 25.9. The normalized spacial score (nSPS) is 16.4. The summed E-state index contributed by atoms with van der Waals surface area (Å²) in [5, 5.41) is 2.65. The Balaban J connectivity index is 1.49. The first-order chi connectivity index (χ1) is 17.1. The highest BCUT2D eigenvalue weighted by atomic mass is 28.4. The average Bonchev–Trinajstić information content (AvgIpc) is 2.86. The Kier molecular flexibility index (Phi) is 8.08. The number of benzene rings is 2. The second kappa shape index (κ2) is 10.9. The number of hydrogen-bond donors (Lipinski definition) is 0. The van der Waals surface area contributed by atoms with Crippen molar-refractivity contribution >= 4 is 24.9 Å². The van der Waals surface area contributed by atoms with E-state index in [0.29, 0.717) is 6.61 Å². The highest BCUT2D eigenvalue weighted by Crippen LogP contribution is 2.37. The minimum atomic E-state index is -1.80. The van der Waals surface area contributed by atoms with Gasteiger partial charge in [-0.15, -0.1) is 0 Å². The second-order valence-electron chi connectivity index (χ2n) is 11.5. The van der Waals surface area contributed by atoms with Crippen LogP contribution in [-0.2, 0) is 4.43 Å². The van der Waals surface area contributed by atoms with Crippen LogP contribution < -0.4 is 9.64 Å². The highest BCUT2D eigenvalue weighted by Gasteiger charge is 2.38. The molecule has 0 aliphatic carbocycles. The van der Waals surface area contributed by atoms with E-state index in [0.717, 1.165) is 55.5 Å². The van der Waals surface area contributed by atoms with Gasteiger partial charge in [0.1, 0.15) is 18.2 Å².